The molecule has 0 atom stereocenters. The summed E-state index contributed by atoms with van der Waals surface area (Å²) in [5, 5.41) is 4.92. The summed E-state index contributed by atoms with van der Waals surface area (Å²) in [6, 6.07) is 10.1. The second kappa shape index (κ2) is 2.80. The Morgan fingerprint density at radius 3 is 2.64 bits per heavy atom. The summed E-state index contributed by atoms with van der Waals surface area (Å²) in [6.07, 6.45) is 0. The van der Waals surface area contributed by atoms with Gasteiger partial charge in [0.1, 0.15) is 0 Å². The average Bonchev–Trinajstić information content (AvgIpc) is 2.58. The van der Waals surface area contributed by atoms with Gasteiger partial charge in [-0.25, -0.2) is 0 Å². The van der Waals surface area contributed by atoms with Crippen LogP contribution in [0.5, 0.6) is 0 Å². The van der Waals surface area contributed by atoms with Gasteiger partial charge in [-0.05, 0) is 12.1 Å². The SMILES string of the molecule is c1ccc(-c2csn[nH+]2)cc1. The predicted molar refractivity (Wildman–Crippen MR) is 44.1 cm³/mol. The van der Waals surface area contributed by atoms with Crippen LogP contribution in [0.4, 0.5) is 0 Å². The summed E-state index contributed by atoms with van der Waals surface area (Å²) >= 11 is 1.43. The van der Waals surface area contributed by atoms with Crippen LogP contribution in [0.15, 0.2) is 35.7 Å². The predicted octanol–water partition coefficient (Wildman–Crippen LogP) is 1.62. The zero-order chi connectivity index (χ0) is 7.52. The Kier molecular flexibility index (Phi) is 1.65. The molecule has 1 aromatic carbocycles. The van der Waals surface area contributed by atoms with Crippen LogP contribution in [0.1, 0.15) is 0 Å². The molecular formula is C8H7N2S+. The van der Waals surface area contributed by atoms with Crippen molar-refractivity contribution in [2.75, 3.05) is 0 Å². The van der Waals surface area contributed by atoms with Crippen LogP contribution in [0.2, 0.25) is 0 Å². The molecule has 0 unspecified atom stereocenters. The minimum atomic E-state index is 1.08. The van der Waals surface area contributed by atoms with Gasteiger partial charge in [-0.2, -0.15) is 0 Å². The van der Waals surface area contributed by atoms with Gasteiger partial charge in [0, 0.05) is 17.1 Å². The van der Waals surface area contributed by atoms with Crippen LogP contribution in [-0.2, 0) is 0 Å². The maximum atomic E-state index is 3.92. The molecule has 0 aliphatic rings. The van der Waals surface area contributed by atoms with Crippen molar-refractivity contribution in [3.8, 4) is 11.3 Å². The Morgan fingerprint density at radius 1 is 1.18 bits per heavy atom. The summed E-state index contributed by atoms with van der Waals surface area (Å²) in [5.74, 6) is 0. The lowest BCUT2D eigenvalue weighted by Crippen LogP contribution is -2.03. The van der Waals surface area contributed by atoms with E-state index < -0.39 is 0 Å². The molecule has 54 valence electrons. The highest BCUT2D eigenvalue weighted by Gasteiger charge is 2.04. The molecular weight excluding hydrogens is 156 g/mol. The number of nitrogens with one attached hydrogen (secondary N) is 1. The van der Waals surface area contributed by atoms with E-state index in [1.807, 2.05) is 23.6 Å². The molecule has 0 saturated heterocycles. The van der Waals surface area contributed by atoms with E-state index in [4.69, 9.17) is 0 Å². The first-order valence-corrected chi connectivity index (χ1v) is 4.18. The van der Waals surface area contributed by atoms with E-state index in [0.29, 0.717) is 0 Å². The Bertz CT molecular complexity index is 315. The van der Waals surface area contributed by atoms with Crippen LogP contribution in [0, 0.1) is 0 Å². The van der Waals surface area contributed by atoms with Gasteiger partial charge in [-0.15, -0.1) is 0 Å². The van der Waals surface area contributed by atoms with Crippen molar-refractivity contribution in [2.24, 2.45) is 0 Å². The Hall–Kier alpha value is -1.22. The molecule has 1 N–H and O–H groups in total. The van der Waals surface area contributed by atoms with Gasteiger partial charge >= 0.3 is 0 Å². The molecule has 3 heteroatoms. The average molecular weight is 163 g/mol. The van der Waals surface area contributed by atoms with E-state index in [1.165, 1.54) is 17.1 Å². The quantitative estimate of drug-likeness (QED) is 0.627. The topological polar surface area (TPSA) is 27.0 Å². The van der Waals surface area contributed by atoms with Crippen molar-refractivity contribution in [2.45, 2.75) is 0 Å². The fourth-order valence-electron chi connectivity index (χ4n) is 0.931. The molecule has 1 heterocycles. The summed E-state index contributed by atoms with van der Waals surface area (Å²) < 4.78 is 3.92. The summed E-state index contributed by atoms with van der Waals surface area (Å²) in [7, 11) is 0. The summed E-state index contributed by atoms with van der Waals surface area (Å²) in [5.41, 5.74) is 2.26. The normalized spacial score (nSPS) is 9.82. The molecule has 2 rings (SSSR count). The lowest BCUT2D eigenvalue weighted by Gasteiger charge is -1.86. The monoisotopic (exact) mass is 163 g/mol. The van der Waals surface area contributed by atoms with E-state index in [1.54, 1.807) is 0 Å². The third-order valence-electron chi connectivity index (χ3n) is 1.47. The fourth-order valence-corrected chi connectivity index (χ4v) is 1.43. The van der Waals surface area contributed by atoms with E-state index in [9.17, 15) is 0 Å². The van der Waals surface area contributed by atoms with Crippen molar-refractivity contribution in [1.82, 2.24) is 4.49 Å². The van der Waals surface area contributed by atoms with Crippen LogP contribution in [-0.4, -0.2) is 4.49 Å². The van der Waals surface area contributed by atoms with E-state index in [2.05, 4.69) is 21.7 Å². The van der Waals surface area contributed by atoms with Gasteiger partial charge < -0.3 is 0 Å². The number of hydrogen-bond donors (Lipinski definition) is 0. The molecule has 0 spiro atoms. The number of nitrogens with zero attached hydrogens (tertiary/aromatic N) is 1. The highest BCUT2D eigenvalue weighted by molar-refractivity contribution is 7.03. The minimum Gasteiger partial charge on any atom is -0.0868 e. The number of benzene rings is 1. The van der Waals surface area contributed by atoms with E-state index >= 15 is 0 Å². The molecule has 11 heavy (non-hydrogen) atoms. The first-order valence-electron chi connectivity index (χ1n) is 3.34. The third kappa shape index (κ3) is 1.28. The molecule has 0 aliphatic carbocycles. The minimum absolute atomic E-state index is 1.08. The third-order valence-corrected chi connectivity index (χ3v) is 2.01. The Labute approximate surface area is 68.7 Å². The second-order valence-electron chi connectivity index (χ2n) is 2.21. The number of H-pyrrole nitrogens is 1. The zero-order valence-corrected chi connectivity index (χ0v) is 6.64. The lowest BCUT2D eigenvalue weighted by molar-refractivity contribution is -0.431. The summed E-state index contributed by atoms with van der Waals surface area (Å²) in [6.45, 7) is 0. The smallest absolute Gasteiger partial charge is 0.0868 e. The maximum Gasteiger partial charge on any atom is 0.249 e. The van der Waals surface area contributed by atoms with Crippen LogP contribution < -0.4 is 5.10 Å². The van der Waals surface area contributed by atoms with Gasteiger partial charge in [0.05, 0.1) is 9.87 Å². The van der Waals surface area contributed by atoms with Crippen molar-refractivity contribution in [3.63, 3.8) is 0 Å². The molecule has 0 radical (unpaired) electrons. The maximum absolute atomic E-state index is 3.92. The highest BCUT2D eigenvalue weighted by atomic mass is 32.1. The van der Waals surface area contributed by atoms with Gasteiger partial charge in [0.15, 0.2) is 0 Å². The standard InChI is InChI=1S/C8H6N2S/c1-2-4-7(5-3-1)8-6-11-10-9-8/h1-6H/p+1. The first kappa shape index (κ1) is 6.49. The van der Waals surface area contributed by atoms with Crippen molar-refractivity contribution >= 4 is 11.5 Å². The highest BCUT2D eigenvalue weighted by Crippen LogP contribution is 2.13. The van der Waals surface area contributed by atoms with Gasteiger partial charge in [0.2, 0.25) is 5.69 Å². The number of hydrogen-bond acceptors (Lipinski definition) is 2. The van der Waals surface area contributed by atoms with Crippen LogP contribution in [0.3, 0.4) is 0 Å². The van der Waals surface area contributed by atoms with Crippen LogP contribution in [0.25, 0.3) is 11.3 Å². The first-order chi connectivity index (χ1) is 5.47. The van der Waals surface area contributed by atoms with Gasteiger partial charge in [0.25, 0.3) is 0 Å². The molecule has 0 aliphatic heterocycles. The fraction of sp³-hybridized carbons (Fsp3) is 0. The summed E-state index contributed by atoms with van der Waals surface area (Å²) in [4.78, 5) is 0. The molecule has 1 aromatic heterocycles. The number of aromatic amines is 1. The molecule has 0 saturated carbocycles. The molecule has 0 bridgehead atoms. The molecule has 0 amide bonds. The van der Waals surface area contributed by atoms with E-state index in [-0.39, 0.29) is 0 Å². The number of aromatic nitrogens is 2. The Balaban J connectivity index is 2.46. The molecule has 0 fully saturated rings. The van der Waals surface area contributed by atoms with Gasteiger partial charge in [-0.3, -0.25) is 0 Å². The Morgan fingerprint density at radius 2 is 2.00 bits per heavy atom. The second-order valence-corrected chi connectivity index (χ2v) is 2.84. The largest absolute Gasteiger partial charge is 0.249 e. The van der Waals surface area contributed by atoms with Crippen LogP contribution >= 0.6 is 11.5 Å². The van der Waals surface area contributed by atoms with Crippen molar-refractivity contribution < 1.29 is 5.10 Å². The zero-order valence-electron chi connectivity index (χ0n) is 5.82. The van der Waals surface area contributed by atoms with E-state index in [0.717, 1.165) is 5.69 Å². The van der Waals surface area contributed by atoms with Crippen molar-refractivity contribution in [3.05, 3.63) is 35.7 Å². The van der Waals surface area contributed by atoms with Gasteiger partial charge in [-0.1, -0.05) is 23.3 Å². The number of rotatable bonds is 1. The van der Waals surface area contributed by atoms with Crippen molar-refractivity contribution in [1.29, 1.82) is 0 Å². The molecule has 2 nitrogen and oxygen atoms in total. The lowest BCUT2D eigenvalue weighted by atomic mass is 10.2. The molecule has 2 aromatic rings.